The first kappa shape index (κ1) is 12.6. The van der Waals surface area contributed by atoms with Gasteiger partial charge in [-0.15, -0.1) is 0 Å². The first-order valence-electron chi connectivity index (χ1n) is 6.58. The molecule has 92 valence electrons. The van der Waals surface area contributed by atoms with E-state index >= 15 is 0 Å². The zero-order valence-corrected chi connectivity index (χ0v) is 10.8. The van der Waals surface area contributed by atoms with Crippen LogP contribution in [0.15, 0.2) is 60.9 Å². The highest BCUT2D eigenvalue weighted by atomic mass is 14.6. The lowest BCUT2D eigenvalue weighted by molar-refractivity contribution is 0.815. The Hall–Kier alpha value is -1.89. The predicted molar refractivity (Wildman–Crippen MR) is 77.3 cm³/mol. The Kier molecular flexibility index (Phi) is 4.71. The van der Waals surface area contributed by atoms with Gasteiger partial charge in [-0.3, -0.25) is 4.98 Å². The third-order valence-corrected chi connectivity index (χ3v) is 2.96. The van der Waals surface area contributed by atoms with Crippen molar-refractivity contribution in [1.29, 1.82) is 0 Å². The van der Waals surface area contributed by atoms with Gasteiger partial charge in [0.05, 0.1) is 0 Å². The maximum Gasteiger partial charge on any atom is 0.0346 e. The van der Waals surface area contributed by atoms with Crippen LogP contribution in [0.4, 0.5) is 0 Å². The molecule has 0 atom stereocenters. The molecule has 1 nitrogen and oxygen atoms in total. The lowest BCUT2D eigenvalue weighted by Gasteiger charge is -2.08. The number of aromatic nitrogens is 1. The summed E-state index contributed by atoms with van der Waals surface area (Å²) in [7, 11) is 0. The summed E-state index contributed by atoms with van der Waals surface area (Å²) in [6.07, 6.45) is 9.66. The molecule has 1 aromatic heterocycles. The quantitative estimate of drug-likeness (QED) is 0.687. The van der Waals surface area contributed by atoms with E-state index in [0.717, 1.165) is 6.42 Å². The first-order chi connectivity index (χ1) is 8.92. The summed E-state index contributed by atoms with van der Waals surface area (Å²) in [6.45, 7) is 2.22. The van der Waals surface area contributed by atoms with E-state index in [9.17, 15) is 0 Å². The molecule has 0 saturated heterocycles. The molecule has 2 rings (SSSR count). The Morgan fingerprint density at radius 3 is 2.50 bits per heavy atom. The lowest BCUT2D eigenvalue weighted by Crippen LogP contribution is -1.89. The minimum Gasteiger partial charge on any atom is -0.264 e. The molecular formula is C17H19N. The van der Waals surface area contributed by atoms with Gasteiger partial charge < -0.3 is 0 Å². The highest BCUT2D eigenvalue weighted by Gasteiger charge is 2.03. The minimum absolute atomic E-state index is 1.12. The second kappa shape index (κ2) is 6.75. The van der Waals surface area contributed by atoms with E-state index in [1.807, 2.05) is 18.5 Å². The zero-order valence-electron chi connectivity index (χ0n) is 10.8. The maximum absolute atomic E-state index is 4.22. The van der Waals surface area contributed by atoms with Crippen LogP contribution in [0.5, 0.6) is 0 Å². The molecule has 0 aliphatic heterocycles. The SMILES string of the molecule is CCCCC=C(c1ccccc1)c1cccnc1. The molecule has 0 aliphatic rings. The number of allylic oxidation sites excluding steroid dienone is 1. The third-order valence-electron chi connectivity index (χ3n) is 2.96. The Bertz CT molecular complexity index is 444. The number of nitrogens with zero attached hydrogens (tertiary/aromatic N) is 1. The first-order valence-corrected chi connectivity index (χ1v) is 6.58. The smallest absolute Gasteiger partial charge is 0.0346 e. The molecule has 1 heterocycles. The van der Waals surface area contributed by atoms with Gasteiger partial charge in [0.2, 0.25) is 0 Å². The van der Waals surface area contributed by atoms with Crippen molar-refractivity contribution < 1.29 is 0 Å². The monoisotopic (exact) mass is 237 g/mol. The Morgan fingerprint density at radius 1 is 1.06 bits per heavy atom. The van der Waals surface area contributed by atoms with Crippen LogP contribution in [0.1, 0.15) is 37.3 Å². The maximum atomic E-state index is 4.22. The molecule has 2 aromatic rings. The summed E-state index contributed by atoms with van der Waals surface area (Å²) in [5.41, 5.74) is 3.75. The fourth-order valence-electron chi connectivity index (χ4n) is 1.99. The van der Waals surface area contributed by atoms with Gasteiger partial charge in [0.25, 0.3) is 0 Å². The van der Waals surface area contributed by atoms with E-state index < -0.39 is 0 Å². The summed E-state index contributed by atoms with van der Waals surface area (Å²) in [6, 6.07) is 14.6. The Morgan fingerprint density at radius 2 is 1.83 bits per heavy atom. The Labute approximate surface area is 109 Å². The van der Waals surface area contributed by atoms with Gasteiger partial charge in [0, 0.05) is 18.0 Å². The highest BCUT2D eigenvalue weighted by Crippen LogP contribution is 2.23. The number of hydrogen-bond acceptors (Lipinski definition) is 1. The van der Waals surface area contributed by atoms with Crippen LogP contribution >= 0.6 is 0 Å². The average molecular weight is 237 g/mol. The van der Waals surface area contributed by atoms with Gasteiger partial charge >= 0.3 is 0 Å². The largest absolute Gasteiger partial charge is 0.264 e. The Balaban J connectivity index is 2.33. The van der Waals surface area contributed by atoms with Crippen LogP contribution in [0.2, 0.25) is 0 Å². The fraction of sp³-hybridized carbons (Fsp3) is 0.235. The van der Waals surface area contributed by atoms with Crippen molar-refractivity contribution in [2.45, 2.75) is 26.2 Å². The summed E-state index contributed by atoms with van der Waals surface area (Å²) >= 11 is 0. The molecule has 0 unspecified atom stereocenters. The van der Waals surface area contributed by atoms with Crippen LogP contribution in [-0.2, 0) is 0 Å². The third kappa shape index (κ3) is 3.30. The average Bonchev–Trinajstić information content (AvgIpc) is 2.46. The molecule has 0 saturated carbocycles. The molecule has 1 aromatic carbocycles. The minimum atomic E-state index is 1.12. The van der Waals surface area contributed by atoms with Crippen LogP contribution < -0.4 is 0 Å². The van der Waals surface area contributed by atoms with E-state index in [1.54, 1.807) is 0 Å². The second-order valence-electron chi connectivity index (χ2n) is 4.37. The van der Waals surface area contributed by atoms with Gasteiger partial charge in [0.15, 0.2) is 0 Å². The van der Waals surface area contributed by atoms with Crippen molar-refractivity contribution in [3.8, 4) is 0 Å². The van der Waals surface area contributed by atoms with Gasteiger partial charge in [-0.1, -0.05) is 62.2 Å². The van der Waals surface area contributed by atoms with Crippen molar-refractivity contribution in [3.05, 3.63) is 72.1 Å². The van der Waals surface area contributed by atoms with E-state index in [-0.39, 0.29) is 0 Å². The summed E-state index contributed by atoms with van der Waals surface area (Å²) in [5.74, 6) is 0. The molecule has 0 amide bonds. The molecule has 0 aliphatic carbocycles. The molecule has 0 bridgehead atoms. The topological polar surface area (TPSA) is 12.9 Å². The van der Waals surface area contributed by atoms with E-state index in [1.165, 1.54) is 29.5 Å². The molecule has 0 radical (unpaired) electrons. The van der Waals surface area contributed by atoms with Crippen LogP contribution in [-0.4, -0.2) is 4.98 Å². The number of benzene rings is 1. The predicted octanol–water partition coefficient (Wildman–Crippen LogP) is 4.70. The van der Waals surface area contributed by atoms with Crippen molar-refractivity contribution in [2.75, 3.05) is 0 Å². The van der Waals surface area contributed by atoms with E-state index in [0.29, 0.717) is 0 Å². The number of pyridine rings is 1. The second-order valence-corrected chi connectivity index (χ2v) is 4.37. The number of rotatable bonds is 5. The number of hydrogen-bond donors (Lipinski definition) is 0. The highest BCUT2D eigenvalue weighted by molar-refractivity contribution is 5.79. The molecule has 0 fully saturated rings. The summed E-state index contributed by atoms with van der Waals surface area (Å²) in [5, 5.41) is 0. The number of unbranched alkanes of at least 4 members (excludes halogenated alkanes) is 2. The van der Waals surface area contributed by atoms with Gasteiger partial charge in [-0.05, 0) is 23.6 Å². The summed E-state index contributed by atoms with van der Waals surface area (Å²) < 4.78 is 0. The van der Waals surface area contributed by atoms with E-state index in [2.05, 4.69) is 54.4 Å². The van der Waals surface area contributed by atoms with Gasteiger partial charge in [0.1, 0.15) is 0 Å². The molecule has 0 spiro atoms. The van der Waals surface area contributed by atoms with Crippen LogP contribution in [0, 0.1) is 0 Å². The van der Waals surface area contributed by atoms with Gasteiger partial charge in [-0.2, -0.15) is 0 Å². The van der Waals surface area contributed by atoms with E-state index in [4.69, 9.17) is 0 Å². The normalized spacial score (nSPS) is 11.5. The summed E-state index contributed by atoms with van der Waals surface area (Å²) in [4.78, 5) is 4.22. The van der Waals surface area contributed by atoms with Crippen molar-refractivity contribution in [3.63, 3.8) is 0 Å². The van der Waals surface area contributed by atoms with Crippen LogP contribution in [0.25, 0.3) is 5.57 Å². The lowest BCUT2D eigenvalue weighted by atomic mass is 9.98. The van der Waals surface area contributed by atoms with Crippen molar-refractivity contribution in [1.82, 2.24) is 4.98 Å². The molecule has 18 heavy (non-hydrogen) atoms. The molecule has 1 heteroatoms. The zero-order chi connectivity index (χ0) is 12.6. The molecular weight excluding hydrogens is 218 g/mol. The standard InChI is InChI=1S/C17H19N/c1-2-3-5-12-17(15-9-6-4-7-10-15)16-11-8-13-18-14-16/h4,6-14H,2-3,5H2,1H3. The molecule has 0 N–H and O–H groups in total. The van der Waals surface area contributed by atoms with Crippen molar-refractivity contribution in [2.24, 2.45) is 0 Å². The van der Waals surface area contributed by atoms with Gasteiger partial charge in [-0.25, -0.2) is 0 Å². The fourth-order valence-corrected chi connectivity index (χ4v) is 1.99. The van der Waals surface area contributed by atoms with Crippen LogP contribution in [0.3, 0.4) is 0 Å². The van der Waals surface area contributed by atoms with Crippen molar-refractivity contribution >= 4 is 5.57 Å².